The molecule has 0 spiro atoms. The van der Waals surface area contributed by atoms with Crippen molar-refractivity contribution in [2.24, 2.45) is 11.5 Å². The van der Waals surface area contributed by atoms with E-state index in [0.29, 0.717) is 11.1 Å². The lowest BCUT2D eigenvalue weighted by atomic mass is 9.71. The number of phenols is 1. The standard InChI is InChI=1S/C23H32N2O5/c24-21(29)23(22(25)30,13-19(26)27)16-11-17(14-7-3-1-4-8-14)20(28)18(12-16)15-9-5-2-6-10-15/h11-12,14-15,28H,1-10,13H2,(H2,24,29)(H2,25,30)(H,26,27). The molecule has 0 bridgehead atoms. The van der Waals surface area contributed by atoms with E-state index >= 15 is 0 Å². The molecular weight excluding hydrogens is 384 g/mol. The summed E-state index contributed by atoms with van der Waals surface area (Å²) in [6, 6.07) is 3.21. The van der Waals surface area contributed by atoms with Gasteiger partial charge in [0.25, 0.3) is 0 Å². The zero-order valence-electron chi connectivity index (χ0n) is 17.4. The lowest BCUT2D eigenvalue weighted by molar-refractivity contribution is -0.145. The highest BCUT2D eigenvalue weighted by atomic mass is 16.4. The number of aliphatic carboxylic acids is 1. The molecule has 30 heavy (non-hydrogen) atoms. The number of carboxylic acids is 1. The van der Waals surface area contributed by atoms with Crippen LogP contribution in [-0.2, 0) is 19.8 Å². The molecular formula is C23H32N2O5. The average molecular weight is 417 g/mol. The van der Waals surface area contributed by atoms with Crippen LogP contribution in [0.15, 0.2) is 12.1 Å². The molecule has 0 radical (unpaired) electrons. The fourth-order valence-electron chi connectivity index (χ4n) is 5.29. The van der Waals surface area contributed by atoms with Crippen LogP contribution in [0.4, 0.5) is 0 Å². The summed E-state index contributed by atoms with van der Waals surface area (Å²) in [5.74, 6) is -3.07. The lowest BCUT2D eigenvalue weighted by Gasteiger charge is -2.32. The molecule has 6 N–H and O–H groups in total. The van der Waals surface area contributed by atoms with Gasteiger partial charge in [-0.2, -0.15) is 0 Å². The minimum Gasteiger partial charge on any atom is -0.507 e. The number of carbonyl (C=O) groups is 3. The number of amides is 2. The van der Waals surface area contributed by atoms with Crippen molar-refractivity contribution in [3.8, 4) is 5.75 Å². The number of primary amides is 2. The van der Waals surface area contributed by atoms with Crippen LogP contribution in [0.1, 0.15) is 99.2 Å². The van der Waals surface area contributed by atoms with E-state index < -0.39 is 29.6 Å². The highest BCUT2D eigenvalue weighted by Crippen LogP contribution is 2.46. The molecule has 3 rings (SSSR count). The Kier molecular flexibility index (Phi) is 6.68. The predicted octanol–water partition coefficient (Wildman–Crippen LogP) is 3.17. The van der Waals surface area contributed by atoms with Gasteiger partial charge in [-0.1, -0.05) is 50.7 Å². The van der Waals surface area contributed by atoms with Crippen LogP contribution in [0.3, 0.4) is 0 Å². The molecule has 2 saturated carbocycles. The van der Waals surface area contributed by atoms with Gasteiger partial charge in [-0.3, -0.25) is 14.4 Å². The first-order valence-corrected chi connectivity index (χ1v) is 11.0. The lowest BCUT2D eigenvalue weighted by Crippen LogP contribution is -2.52. The Bertz CT molecular complexity index is 770. The van der Waals surface area contributed by atoms with Gasteiger partial charge in [0.15, 0.2) is 5.41 Å². The summed E-state index contributed by atoms with van der Waals surface area (Å²) < 4.78 is 0. The van der Waals surface area contributed by atoms with E-state index in [9.17, 15) is 24.6 Å². The van der Waals surface area contributed by atoms with E-state index in [1.54, 1.807) is 12.1 Å². The number of phenolic OH excluding ortho intramolecular Hbond substituents is 1. The molecule has 0 aliphatic heterocycles. The Morgan fingerprint density at radius 1 is 0.833 bits per heavy atom. The van der Waals surface area contributed by atoms with Crippen LogP contribution in [0.5, 0.6) is 5.75 Å². The van der Waals surface area contributed by atoms with Crippen molar-refractivity contribution >= 4 is 17.8 Å². The van der Waals surface area contributed by atoms with E-state index in [1.807, 2.05) is 0 Å². The Balaban J connectivity index is 2.22. The topological polar surface area (TPSA) is 144 Å². The fraction of sp³-hybridized carbons (Fsp3) is 0.609. The molecule has 2 fully saturated rings. The van der Waals surface area contributed by atoms with E-state index in [4.69, 9.17) is 11.5 Å². The predicted molar refractivity (Wildman–Crippen MR) is 112 cm³/mol. The zero-order chi connectivity index (χ0) is 21.9. The van der Waals surface area contributed by atoms with E-state index in [1.165, 1.54) is 0 Å². The molecule has 0 atom stereocenters. The first-order valence-electron chi connectivity index (χ1n) is 11.0. The van der Waals surface area contributed by atoms with Gasteiger partial charge in [0.1, 0.15) is 5.75 Å². The monoisotopic (exact) mass is 416 g/mol. The minimum atomic E-state index is -2.15. The number of carbonyl (C=O) groups excluding carboxylic acids is 2. The van der Waals surface area contributed by atoms with Gasteiger partial charge >= 0.3 is 5.97 Å². The number of rotatable bonds is 7. The third-order valence-electron chi connectivity index (χ3n) is 7.01. The zero-order valence-corrected chi connectivity index (χ0v) is 17.4. The normalized spacial score (nSPS) is 18.8. The quantitative estimate of drug-likeness (QED) is 0.505. The van der Waals surface area contributed by atoms with Crippen LogP contribution in [-0.4, -0.2) is 28.0 Å². The molecule has 7 heteroatoms. The van der Waals surface area contributed by atoms with E-state index in [2.05, 4.69) is 0 Å². The highest BCUT2D eigenvalue weighted by molar-refractivity contribution is 6.12. The van der Waals surface area contributed by atoms with Crippen LogP contribution in [0.25, 0.3) is 0 Å². The molecule has 7 nitrogen and oxygen atoms in total. The van der Waals surface area contributed by atoms with Gasteiger partial charge in [-0.25, -0.2) is 0 Å². The number of nitrogens with two attached hydrogens (primary N) is 2. The van der Waals surface area contributed by atoms with Gasteiger partial charge in [0.05, 0.1) is 6.42 Å². The molecule has 2 aliphatic rings. The van der Waals surface area contributed by atoms with Crippen LogP contribution in [0.2, 0.25) is 0 Å². The maximum Gasteiger partial charge on any atom is 0.305 e. The fourth-order valence-corrected chi connectivity index (χ4v) is 5.29. The van der Waals surface area contributed by atoms with Gasteiger partial charge < -0.3 is 21.7 Å². The first-order chi connectivity index (χ1) is 14.3. The third kappa shape index (κ3) is 4.16. The number of aromatic hydroxyl groups is 1. The Morgan fingerprint density at radius 3 is 1.57 bits per heavy atom. The number of hydrogen-bond donors (Lipinski definition) is 4. The maximum atomic E-state index is 12.5. The second-order valence-corrected chi connectivity index (χ2v) is 8.88. The summed E-state index contributed by atoms with van der Waals surface area (Å²) in [4.78, 5) is 36.5. The minimum absolute atomic E-state index is 0.101. The van der Waals surface area contributed by atoms with Crippen molar-refractivity contribution < 1.29 is 24.6 Å². The Hall–Kier alpha value is -2.57. The first kappa shape index (κ1) is 22.1. The van der Waals surface area contributed by atoms with Crippen LogP contribution in [0, 0.1) is 0 Å². The van der Waals surface area contributed by atoms with Crippen molar-refractivity contribution in [1.29, 1.82) is 0 Å². The van der Waals surface area contributed by atoms with E-state index in [-0.39, 0.29) is 23.1 Å². The van der Waals surface area contributed by atoms with Crippen LogP contribution < -0.4 is 11.5 Å². The highest BCUT2D eigenvalue weighted by Gasteiger charge is 2.48. The number of benzene rings is 1. The van der Waals surface area contributed by atoms with Gasteiger partial charge in [-0.15, -0.1) is 0 Å². The number of carboxylic acid groups (broad SMARTS) is 1. The second-order valence-electron chi connectivity index (χ2n) is 8.88. The van der Waals surface area contributed by atoms with Gasteiger partial charge in [-0.05, 0) is 54.2 Å². The molecule has 0 unspecified atom stereocenters. The van der Waals surface area contributed by atoms with Crippen molar-refractivity contribution in [2.45, 2.75) is 87.9 Å². The molecule has 0 heterocycles. The molecule has 1 aromatic rings. The molecule has 0 aromatic heterocycles. The largest absolute Gasteiger partial charge is 0.507 e. The van der Waals surface area contributed by atoms with Crippen molar-refractivity contribution in [1.82, 2.24) is 0 Å². The smallest absolute Gasteiger partial charge is 0.305 e. The summed E-state index contributed by atoms with van der Waals surface area (Å²) in [6.45, 7) is 0. The van der Waals surface area contributed by atoms with Gasteiger partial charge in [0.2, 0.25) is 11.8 Å². The summed E-state index contributed by atoms with van der Waals surface area (Å²) in [7, 11) is 0. The molecule has 2 aliphatic carbocycles. The van der Waals surface area contributed by atoms with Gasteiger partial charge in [0, 0.05) is 0 Å². The second kappa shape index (κ2) is 9.06. The molecule has 0 saturated heterocycles. The summed E-state index contributed by atoms with van der Waals surface area (Å²) in [6.07, 6.45) is 9.24. The van der Waals surface area contributed by atoms with E-state index in [0.717, 1.165) is 64.2 Å². The van der Waals surface area contributed by atoms with Crippen molar-refractivity contribution in [2.75, 3.05) is 0 Å². The molecule has 2 amide bonds. The average Bonchev–Trinajstić information content (AvgIpc) is 2.73. The maximum absolute atomic E-state index is 12.5. The summed E-state index contributed by atoms with van der Waals surface area (Å²) >= 11 is 0. The Labute approximate surface area is 176 Å². The summed E-state index contributed by atoms with van der Waals surface area (Å²) in [5.41, 5.74) is 10.6. The van der Waals surface area contributed by atoms with Crippen LogP contribution >= 0.6 is 0 Å². The Morgan fingerprint density at radius 2 is 1.23 bits per heavy atom. The number of hydrogen-bond acceptors (Lipinski definition) is 4. The van der Waals surface area contributed by atoms with Crippen molar-refractivity contribution in [3.05, 3.63) is 28.8 Å². The SMILES string of the molecule is NC(=O)C(CC(=O)O)(C(N)=O)c1cc(C2CCCCC2)c(O)c(C2CCCCC2)c1. The summed E-state index contributed by atoms with van der Waals surface area (Å²) in [5, 5.41) is 20.6. The molecule has 164 valence electrons. The molecule has 1 aromatic carbocycles. The third-order valence-corrected chi connectivity index (χ3v) is 7.01. The van der Waals surface area contributed by atoms with Crippen molar-refractivity contribution in [3.63, 3.8) is 0 Å².